The molecule has 0 unspecified atom stereocenters. The lowest BCUT2D eigenvalue weighted by molar-refractivity contribution is -0.120. The number of benzene rings is 2. The maximum atomic E-state index is 12.3. The van der Waals surface area contributed by atoms with Crippen LogP contribution in [-0.2, 0) is 4.79 Å². The molecule has 6 nitrogen and oxygen atoms in total. The Morgan fingerprint density at radius 1 is 1.28 bits per heavy atom. The predicted octanol–water partition coefficient (Wildman–Crippen LogP) is 2.70. The summed E-state index contributed by atoms with van der Waals surface area (Å²) in [6, 6.07) is 13.5. The van der Waals surface area contributed by atoms with Crippen LogP contribution in [-0.4, -0.2) is 24.9 Å². The van der Waals surface area contributed by atoms with Gasteiger partial charge in [0.25, 0.3) is 5.91 Å². The molecule has 1 aliphatic heterocycles. The second kappa shape index (κ2) is 7.36. The third-order valence-corrected chi connectivity index (χ3v) is 3.98. The van der Waals surface area contributed by atoms with Crippen molar-refractivity contribution in [1.82, 2.24) is 10.6 Å². The largest absolute Gasteiger partial charge is 0.497 e. The van der Waals surface area contributed by atoms with Crippen LogP contribution in [0.2, 0.25) is 5.02 Å². The molecule has 1 atom stereocenters. The Labute approximate surface area is 149 Å². The number of hydrogen-bond donors (Lipinski definition) is 2. The highest BCUT2D eigenvalue weighted by Crippen LogP contribution is 2.25. The number of guanidine groups is 1. The van der Waals surface area contributed by atoms with Crippen LogP contribution in [0.15, 0.2) is 53.5 Å². The summed E-state index contributed by atoms with van der Waals surface area (Å²) in [5, 5.41) is 5.64. The summed E-state index contributed by atoms with van der Waals surface area (Å²) in [6.07, 6.45) is 0.211. The van der Waals surface area contributed by atoms with Gasteiger partial charge < -0.3 is 4.74 Å². The summed E-state index contributed by atoms with van der Waals surface area (Å²) in [7, 11) is 1.59. The number of methoxy groups -OCH3 is 1. The molecule has 2 aromatic rings. The molecule has 25 heavy (non-hydrogen) atoms. The topological polar surface area (TPSA) is 79.8 Å². The maximum absolute atomic E-state index is 12.3. The standard InChI is InChI=1S/C18H16ClN3O3/c1-25-14-7-5-11(6-8-14)15-10-16(23)21-18(20-15)22-17(24)12-3-2-4-13(19)9-12/h2-9,15H,10H2,1H3,(H2,20,21,22,23,24)/t15-/m0/s1. The minimum atomic E-state index is -0.392. The molecule has 0 aliphatic carbocycles. The van der Waals surface area contributed by atoms with Gasteiger partial charge in [0.05, 0.1) is 19.6 Å². The molecular weight excluding hydrogens is 342 g/mol. The van der Waals surface area contributed by atoms with E-state index in [1.807, 2.05) is 24.3 Å². The van der Waals surface area contributed by atoms with E-state index in [-0.39, 0.29) is 24.3 Å². The van der Waals surface area contributed by atoms with Crippen LogP contribution in [0.3, 0.4) is 0 Å². The Morgan fingerprint density at radius 3 is 2.72 bits per heavy atom. The molecule has 2 amide bonds. The van der Waals surface area contributed by atoms with Crippen LogP contribution in [0, 0.1) is 0 Å². The van der Waals surface area contributed by atoms with Crippen molar-refractivity contribution in [2.24, 2.45) is 4.99 Å². The Kier molecular flexibility index (Phi) is 5.00. The first-order valence-corrected chi connectivity index (χ1v) is 8.01. The molecule has 1 aliphatic rings. The van der Waals surface area contributed by atoms with Gasteiger partial charge in [-0.1, -0.05) is 29.8 Å². The van der Waals surface area contributed by atoms with E-state index in [2.05, 4.69) is 15.6 Å². The Bertz CT molecular complexity index is 834. The van der Waals surface area contributed by atoms with Gasteiger partial charge in [0.15, 0.2) is 0 Å². The summed E-state index contributed by atoms with van der Waals surface area (Å²) >= 11 is 5.89. The van der Waals surface area contributed by atoms with Crippen molar-refractivity contribution in [3.8, 4) is 5.75 Å². The number of halogens is 1. The lowest BCUT2D eigenvalue weighted by Crippen LogP contribution is -2.47. The summed E-state index contributed by atoms with van der Waals surface area (Å²) in [4.78, 5) is 28.7. The van der Waals surface area contributed by atoms with Gasteiger partial charge in [-0.25, -0.2) is 4.99 Å². The normalized spacial score (nSPS) is 16.6. The number of aliphatic imine (C=N–C) groups is 1. The maximum Gasteiger partial charge on any atom is 0.258 e. The van der Waals surface area contributed by atoms with Crippen LogP contribution >= 0.6 is 11.6 Å². The van der Waals surface area contributed by atoms with Crippen LogP contribution < -0.4 is 15.4 Å². The Balaban J connectivity index is 1.78. The van der Waals surface area contributed by atoms with Crippen molar-refractivity contribution < 1.29 is 14.3 Å². The molecule has 0 bridgehead atoms. The molecular formula is C18H16ClN3O3. The second-order valence-corrected chi connectivity index (χ2v) is 5.92. The summed E-state index contributed by atoms with van der Waals surface area (Å²) in [6.45, 7) is 0. The number of nitrogens with zero attached hydrogens (tertiary/aromatic N) is 1. The molecule has 1 heterocycles. The molecule has 3 rings (SSSR count). The summed E-state index contributed by atoms with van der Waals surface area (Å²) < 4.78 is 5.13. The molecule has 0 radical (unpaired) electrons. The highest BCUT2D eigenvalue weighted by atomic mass is 35.5. The van der Waals surface area contributed by atoms with Gasteiger partial charge in [0.2, 0.25) is 11.9 Å². The highest BCUT2D eigenvalue weighted by molar-refractivity contribution is 6.31. The zero-order valence-corrected chi connectivity index (χ0v) is 14.2. The van der Waals surface area contributed by atoms with Crippen molar-refractivity contribution in [2.75, 3.05) is 7.11 Å². The number of rotatable bonds is 3. The number of amides is 2. The van der Waals surface area contributed by atoms with Gasteiger partial charge >= 0.3 is 0 Å². The van der Waals surface area contributed by atoms with Gasteiger partial charge in [0, 0.05) is 10.6 Å². The molecule has 0 fully saturated rings. The lowest BCUT2D eigenvalue weighted by atomic mass is 10.0. The minimum absolute atomic E-state index is 0.127. The van der Waals surface area contributed by atoms with Crippen molar-refractivity contribution in [3.63, 3.8) is 0 Å². The molecule has 7 heteroatoms. The fourth-order valence-electron chi connectivity index (χ4n) is 2.48. The molecule has 128 valence electrons. The van der Waals surface area contributed by atoms with Crippen molar-refractivity contribution >= 4 is 29.4 Å². The van der Waals surface area contributed by atoms with Crippen LogP contribution in [0.25, 0.3) is 0 Å². The summed E-state index contributed by atoms with van der Waals surface area (Å²) in [5.74, 6) is 0.249. The zero-order valence-electron chi connectivity index (χ0n) is 13.5. The minimum Gasteiger partial charge on any atom is -0.497 e. The number of carbonyl (C=O) groups is 2. The molecule has 2 N–H and O–H groups in total. The van der Waals surface area contributed by atoms with Crippen LogP contribution in [0.4, 0.5) is 0 Å². The van der Waals surface area contributed by atoms with Crippen molar-refractivity contribution in [2.45, 2.75) is 12.5 Å². The van der Waals surface area contributed by atoms with Crippen molar-refractivity contribution in [3.05, 3.63) is 64.7 Å². The quantitative estimate of drug-likeness (QED) is 0.886. The first kappa shape index (κ1) is 17.0. The van der Waals surface area contributed by atoms with Gasteiger partial charge in [-0.05, 0) is 35.9 Å². The van der Waals surface area contributed by atoms with Gasteiger partial charge in [0.1, 0.15) is 5.75 Å². The fourth-order valence-corrected chi connectivity index (χ4v) is 2.67. The number of nitrogens with one attached hydrogen (secondary N) is 2. The Hall–Kier alpha value is -2.86. The van der Waals surface area contributed by atoms with E-state index < -0.39 is 5.91 Å². The number of hydrogen-bond acceptors (Lipinski definition) is 4. The smallest absolute Gasteiger partial charge is 0.258 e. The van der Waals surface area contributed by atoms with E-state index in [9.17, 15) is 9.59 Å². The van der Waals surface area contributed by atoms with E-state index in [1.165, 1.54) is 0 Å². The zero-order chi connectivity index (χ0) is 17.8. The first-order chi connectivity index (χ1) is 12.0. The predicted molar refractivity (Wildman–Crippen MR) is 94.8 cm³/mol. The highest BCUT2D eigenvalue weighted by Gasteiger charge is 2.23. The molecule has 0 aromatic heterocycles. The molecule has 2 aromatic carbocycles. The summed E-state index contributed by atoms with van der Waals surface area (Å²) in [5.41, 5.74) is 1.25. The van der Waals surface area contributed by atoms with E-state index in [4.69, 9.17) is 16.3 Å². The van der Waals surface area contributed by atoms with Crippen LogP contribution in [0.5, 0.6) is 5.75 Å². The monoisotopic (exact) mass is 357 g/mol. The van der Waals surface area contributed by atoms with E-state index in [1.54, 1.807) is 31.4 Å². The third-order valence-electron chi connectivity index (χ3n) is 3.74. The van der Waals surface area contributed by atoms with Crippen molar-refractivity contribution in [1.29, 1.82) is 0 Å². The van der Waals surface area contributed by atoms with Gasteiger partial charge in [-0.2, -0.15) is 0 Å². The SMILES string of the molecule is COc1ccc([C@@H]2CC(=O)NC(NC(=O)c3cccc(Cl)c3)=N2)cc1. The Morgan fingerprint density at radius 2 is 2.04 bits per heavy atom. The van der Waals surface area contributed by atoms with E-state index in [0.29, 0.717) is 10.6 Å². The molecule has 0 saturated heterocycles. The fraction of sp³-hybridized carbons (Fsp3) is 0.167. The number of ether oxygens (including phenoxy) is 1. The van der Waals surface area contributed by atoms with Crippen LogP contribution in [0.1, 0.15) is 28.4 Å². The lowest BCUT2D eigenvalue weighted by Gasteiger charge is -2.21. The molecule has 0 saturated carbocycles. The third kappa shape index (κ3) is 4.16. The average molecular weight is 358 g/mol. The average Bonchev–Trinajstić information content (AvgIpc) is 2.61. The number of carbonyl (C=O) groups excluding carboxylic acids is 2. The van der Waals surface area contributed by atoms with E-state index >= 15 is 0 Å². The van der Waals surface area contributed by atoms with Gasteiger partial charge in [-0.15, -0.1) is 0 Å². The van der Waals surface area contributed by atoms with Gasteiger partial charge in [-0.3, -0.25) is 20.2 Å². The second-order valence-electron chi connectivity index (χ2n) is 5.48. The first-order valence-electron chi connectivity index (χ1n) is 7.63. The molecule has 0 spiro atoms. The van der Waals surface area contributed by atoms with E-state index in [0.717, 1.165) is 11.3 Å².